The quantitative estimate of drug-likeness (QED) is 0.882. The fourth-order valence-corrected chi connectivity index (χ4v) is 3.05. The minimum absolute atomic E-state index is 0.188. The van der Waals surface area contributed by atoms with Crippen molar-refractivity contribution in [3.05, 3.63) is 16.9 Å². The molecule has 2 N–H and O–H groups in total. The first-order valence-electron chi connectivity index (χ1n) is 7.35. The molecule has 1 amide bonds. The zero-order valence-corrected chi connectivity index (χ0v) is 13.5. The van der Waals surface area contributed by atoms with E-state index in [4.69, 9.17) is 5.73 Å². The first-order chi connectivity index (χ1) is 10.1. The normalized spacial score (nSPS) is 21.0. The van der Waals surface area contributed by atoms with Gasteiger partial charge in [-0.1, -0.05) is 0 Å². The number of piperazine rings is 1. The molecule has 0 atom stereocenters. The molecule has 0 unspecified atom stereocenters. The summed E-state index contributed by atoms with van der Waals surface area (Å²) in [5, 5.41) is 0. The predicted octanol–water partition coefficient (Wildman–Crippen LogP) is 1.16. The molecule has 3 rings (SSSR count). The molecule has 1 saturated carbocycles. The third-order valence-corrected chi connectivity index (χ3v) is 4.78. The van der Waals surface area contributed by atoms with E-state index >= 15 is 0 Å². The number of hydrogen-bond acceptors (Lipinski definition) is 5. The lowest BCUT2D eigenvalue weighted by atomic mass is 9.75. The molecule has 1 aromatic rings. The summed E-state index contributed by atoms with van der Waals surface area (Å²) < 4.78 is 0.869. The Morgan fingerprint density at radius 1 is 1.24 bits per heavy atom. The second kappa shape index (κ2) is 5.88. The Morgan fingerprint density at radius 3 is 2.38 bits per heavy atom. The lowest BCUT2D eigenvalue weighted by molar-refractivity contribution is -0.133. The van der Waals surface area contributed by atoms with Gasteiger partial charge in [0, 0.05) is 50.5 Å². The van der Waals surface area contributed by atoms with Crippen molar-refractivity contribution in [2.45, 2.75) is 31.2 Å². The second-order valence-corrected chi connectivity index (χ2v) is 6.88. The Hall–Kier alpha value is -1.21. The first kappa shape index (κ1) is 14.7. The Morgan fingerprint density at radius 2 is 1.86 bits per heavy atom. The van der Waals surface area contributed by atoms with Crippen LogP contribution in [0.4, 0.5) is 5.95 Å². The van der Waals surface area contributed by atoms with Gasteiger partial charge in [0.25, 0.3) is 0 Å². The zero-order chi connectivity index (χ0) is 14.9. The molecule has 0 bridgehead atoms. The van der Waals surface area contributed by atoms with E-state index in [2.05, 4.69) is 30.8 Å². The van der Waals surface area contributed by atoms with Gasteiger partial charge >= 0.3 is 0 Å². The SMILES string of the molecule is NC1(CC(=O)N2CCN(c3ncc(Br)cn3)CC2)CCC1. The molecule has 1 aromatic heterocycles. The summed E-state index contributed by atoms with van der Waals surface area (Å²) in [6.07, 6.45) is 7.08. The van der Waals surface area contributed by atoms with Crippen LogP contribution in [0.15, 0.2) is 16.9 Å². The molecule has 1 aliphatic heterocycles. The van der Waals surface area contributed by atoms with Gasteiger partial charge in [0.1, 0.15) is 0 Å². The standard InChI is InChI=1S/C14H20BrN5O/c15-11-9-17-13(18-10-11)20-6-4-19(5-7-20)12(21)8-14(16)2-1-3-14/h9-10H,1-8,16H2. The highest BCUT2D eigenvalue weighted by atomic mass is 79.9. The number of carbonyl (C=O) groups excluding carboxylic acids is 1. The maximum atomic E-state index is 12.3. The van der Waals surface area contributed by atoms with E-state index in [1.807, 2.05) is 4.90 Å². The van der Waals surface area contributed by atoms with E-state index < -0.39 is 0 Å². The molecular formula is C14H20BrN5O. The highest BCUT2D eigenvalue weighted by Gasteiger charge is 2.36. The number of hydrogen-bond donors (Lipinski definition) is 1. The van der Waals surface area contributed by atoms with Crippen LogP contribution in [0.25, 0.3) is 0 Å². The maximum Gasteiger partial charge on any atom is 0.225 e. The van der Waals surface area contributed by atoms with Gasteiger partial charge < -0.3 is 15.5 Å². The van der Waals surface area contributed by atoms with E-state index in [1.54, 1.807) is 12.4 Å². The van der Waals surface area contributed by atoms with E-state index in [1.165, 1.54) is 0 Å². The van der Waals surface area contributed by atoms with Gasteiger partial charge in [0.2, 0.25) is 11.9 Å². The zero-order valence-electron chi connectivity index (χ0n) is 12.0. The molecular weight excluding hydrogens is 334 g/mol. The molecule has 1 aliphatic carbocycles. The lowest BCUT2D eigenvalue weighted by Crippen LogP contribution is -2.54. The minimum Gasteiger partial charge on any atom is -0.339 e. The van der Waals surface area contributed by atoms with E-state index in [9.17, 15) is 4.79 Å². The highest BCUT2D eigenvalue weighted by Crippen LogP contribution is 2.32. The first-order valence-corrected chi connectivity index (χ1v) is 8.14. The number of carbonyl (C=O) groups is 1. The van der Waals surface area contributed by atoms with Gasteiger partial charge in [-0.2, -0.15) is 0 Å². The Labute approximate surface area is 132 Å². The number of aromatic nitrogens is 2. The maximum absolute atomic E-state index is 12.3. The van der Waals surface area contributed by atoms with Gasteiger partial charge in [0.15, 0.2) is 0 Å². The van der Waals surface area contributed by atoms with Crippen LogP contribution < -0.4 is 10.6 Å². The fraction of sp³-hybridized carbons (Fsp3) is 0.643. The van der Waals surface area contributed by atoms with Crippen LogP contribution in [0.5, 0.6) is 0 Å². The number of amides is 1. The van der Waals surface area contributed by atoms with E-state index in [-0.39, 0.29) is 11.4 Å². The molecule has 7 heteroatoms. The van der Waals surface area contributed by atoms with Crippen LogP contribution in [0.3, 0.4) is 0 Å². The fourth-order valence-electron chi connectivity index (χ4n) is 2.85. The molecule has 0 aromatic carbocycles. The third kappa shape index (κ3) is 3.35. The topological polar surface area (TPSA) is 75.4 Å². The monoisotopic (exact) mass is 353 g/mol. The van der Waals surface area contributed by atoms with Gasteiger partial charge in [-0.05, 0) is 35.2 Å². The van der Waals surface area contributed by atoms with E-state index in [0.29, 0.717) is 19.5 Å². The smallest absolute Gasteiger partial charge is 0.225 e. The molecule has 2 heterocycles. The van der Waals surface area contributed by atoms with Gasteiger partial charge in [-0.3, -0.25) is 4.79 Å². The molecule has 0 radical (unpaired) electrons. The predicted molar refractivity (Wildman–Crippen MR) is 83.9 cm³/mol. The van der Waals surface area contributed by atoms with Crippen LogP contribution in [-0.2, 0) is 4.79 Å². The number of rotatable bonds is 3. The van der Waals surface area contributed by atoms with Gasteiger partial charge in [-0.15, -0.1) is 0 Å². The van der Waals surface area contributed by atoms with Crippen molar-refractivity contribution in [3.8, 4) is 0 Å². The Balaban J connectivity index is 1.52. The third-order valence-electron chi connectivity index (χ3n) is 4.37. The van der Waals surface area contributed by atoms with E-state index in [0.717, 1.165) is 42.8 Å². The van der Waals surface area contributed by atoms with Crippen molar-refractivity contribution in [3.63, 3.8) is 0 Å². The summed E-state index contributed by atoms with van der Waals surface area (Å²) >= 11 is 3.33. The molecule has 2 fully saturated rings. The average molecular weight is 354 g/mol. The summed E-state index contributed by atoms with van der Waals surface area (Å²) in [5.41, 5.74) is 5.93. The van der Waals surface area contributed by atoms with Crippen molar-refractivity contribution in [1.82, 2.24) is 14.9 Å². The lowest BCUT2D eigenvalue weighted by Gasteiger charge is -2.40. The molecule has 2 aliphatic rings. The largest absolute Gasteiger partial charge is 0.339 e. The summed E-state index contributed by atoms with van der Waals surface area (Å²) in [6.45, 7) is 2.97. The molecule has 6 nitrogen and oxygen atoms in total. The van der Waals surface area contributed by atoms with Crippen molar-refractivity contribution in [2.24, 2.45) is 5.73 Å². The summed E-state index contributed by atoms with van der Waals surface area (Å²) in [6, 6.07) is 0. The molecule has 21 heavy (non-hydrogen) atoms. The van der Waals surface area contributed by atoms with Crippen molar-refractivity contribution < 1.29 is 4.79 Å². The average Bonchev–Trinajstić information content (AvgIpc) is 2.46. The van der Waals surface area contributed by atoms with Crippen molar-refractivity contribution in [2.75, 3.05) is 31.1 Å². The summed E-state index contributed by atoms with van der Waals surface area (Å²) in [5.74, 6) is 0.910. The second-order valence-electron chi connectivity index (χ2n) is 5.96. The highest BCUT2D eigenvalue weighted by molar-refractivity contribution is 9.10. The summed E-state index contributed by atoms with van der Waals surface area (Å²) in [4.78, 5) is 24.9. The number of anilines is 1. The van der Waals surface area contributed by atoms with Crippen molar-refractivity contribution in [1.29, 1.82) is 0 Å². The molecule has 1 saturated heterocycles. The molecule has 114 valence electrons. The van der Waals surface area contributed by atoms with Crippen molar-refractivity contribution >= 4 is 27.8 Å². The Bertz CT molecular complexity index is 509. The minimum atomic E-state index is -0.233. The van der Waals surface area contributed by atoms with Crippen LogP contribution >= 0.6 is 15.9 Å². The van der Waals surface area contributed by atoms with Gasteiger partial charge in [-0.25, -0.2) is 9.97 Å². The number of nitrogens with zero attached hydrogens (tertiary/aromatic N) is 4. The Kier molecular flexibility index (Phi) is 4.12. The van der Waals surface area contributed by atoms with Crippen LogP contribution in [0, 0.1) is 0 Å². The van der Waals surface area contributed by atoms with Gasteiger partial charge in [0.05, 0.1) is 4.47 Å². The van der Waals surface area contributed by atoms with Crippen LogP contribution in [-0.4, -0.2) is 52.5 Å². The summed E-state index contributed by atoms with van der Waals surface area (Å²) in [7, 11) is 0. The van der Waals surface area contributed by atoms with Crippen LogP contribution in [0.2, 0.25) is 0 Å². The number of nitrogens with two attached hydrogens (primary N) is 1. The van der Waals surface area contributed by atoms with Crippen LogP contribution in [0.1, 0.15) is 25.7 Å². The number of halogens is 1. The molecule has 0 spiro atoms.